The van der Waals surface area contributed by atoms with E-state index in [-0.39, 0.29) is 0 Å². The van der Waals surface area contributed by atoms with E-state index in [1.807, 2.05) is 18.3 Å². The normalized spacial score (nSPS) is 11.7. The van der Waals surface area contributed by atoms with E-state index in [1.165, 1.54) is 32.6 Å². The fourth-order valence-electron chi connectivity index (χ4n) is 7.45. The molecule has 0 atom stereocenters. The predicted molar refractivity (Wildman–Crippen MR) is 203 cm³/mol. The van der Waals surface area contributed by atoms with E-state index in [4.69, 9.17) is 4.42 Å². The first-order valence-corrected chi connectivity index (χ1v) is 16.5. The van der Waals surface area contributed by atoms with Gasteiger partial charge in [-0.05, 0) is 89.1 Å². The van der Waals surface area contributed by atoms with Gasteiger partial charge in [0.25, 0.3) is 0 Å². The maximum atomic E-state index is 6.31. The molecule has 0 spiro atoms. The number of furan rings is 1. The van der Waals surface area contributed by atoms with Crippen molar-refractivity contribution < 1.29 is 4.42 Å². The lowest BCUT2D eigenvalue weighted by molar-refractivity contribution is 0.669. The van der Waals surface area contributed by atoms with Crippen molar-refractivity contribution in [1.29, 1.82) is 0 Å². The largest absolute Gasteiger partial charge is 0.454 e. The van der Waals surface area contributed by atoms with Crippen LogP contribution in [0.15, 0.2) is 180 Å². The Bertz CT molecular complexity index is 2830. The fraction of sp³-hybridized carbons (Fsp3) is 0. The van der Waals surface area contributed by atoms with E-state index in [2.05, 4.69) is 172 Å². The highest BCUT2D eigenvalue weighted by Gasteiger charge is 2.18. The topological polar surface area (TPSA) is 34.2 Å². The van der Waals surface area contributed by atoms with E-state index in [0.717, 1.165) is 55.9 Å². The van der Waals surface area contributed by atoms with Crippen LogP contribution in [0.1, 0.15) is 0 Å². The fourth-order valence-corrected chi connectivity index (χ4v) is 7.45. The molecule has 0 aliphatic carbocycles. The summed E-state index contributed by atoms with van der Waals surface area (Å²) in [5.41, 5.74) is 11.4. The van der Waals surface area contributed by atoms with Gasteiger partial charge in [0.05, 0.1) is 11.0 Å². The van der Waals surface area contributed by atoms with E-state index in [0.29, 0.717) is 0 Å². The number of fused-ring (bicyclic) bond motifs is 8. The van der Waals surface area contributed by atoms with Crippen LogP contribution < -0.4 is 4.90 Å². The van der Waals surface area contributed by atoms with Gasteiger partial charge in [-0.2, -0.15) is 0 Å². The molecular weight excluding hydrogens is 599 g/mol. The number of hydrogen-bond donors (Lipinski definition) is 0. The van der Waals surface area contributed by atoms with Gasteiger partial charge in [-0.15, -0.1) is 0 Å². The van der Waals surface area contributed by atoms with Crippen LogP contribution >= 0.6 is 0 Å². The number of para-hydroxylation sites is 3. The second kappa shape index (κ2) is 11.0. The lowest BCUT2D eigenvalue weighted by Gasteiger charge is -2.26. The zero-order chi connectivity index (χ0) is 32.3. The van der Waals surface area contributed by atoms with Crippen molar-refractivity contribution in [3.63, 3.8) is 0 Å². The van der Waals surface area contributed by atoms with Crippen LogP contribution in [0.3, 0.4) is 0 Å². The number of pyridine rings is 1. The monoisotopic (exact) mass is 627 g/mol. The van der Waals surface area contributed by atoms with E-state index in [1.54, 1.807) is 0 Å². The van der Waals surface area contributed by atoms with Crippen molar-refractivity contribution in [2.75, 3.05) is 4.90 Å². The van der Waals surface area contributed by atoms with Gasteiger partial charge >= 0.3 is 0 Å². The van der Waals surface area contributed by atoms with Gasteiger partial charge in [-0.1, -0.05) is 97.1 Å². The lowest BCUT2D eigenvalue weighted by atomic mass is 10.0. The number of nitrogens with zero attached hydrogens (tertiary/aromatic N) is 3. The first kappa shape index (κ1) is 27.5. The third-order valence-corrected chi connectivity index (χ3v) is 9.61. The minimum atomic E-state index is 0.799. The SMILES string of the molecule is c1ccc(N(c2ccc(-c3cccc4c3oc3cccnc34)cc2)c2cccc(-n3c4ccccc4c4c5ccccc5ccc43)c2)cc1. The second-order valence-corrected chi connectivity index (χ2v) is 12.4. The molecule has 0 saturated heterocycles. The molecule has 0 bridgehead atoms. The minimum Gasteiger partial charge on any atom is -0.454 e. The molecule has 0 radical (unpaired) electrons. The number of benzene rings is 7. The summed E-state index contributed by atoms with van der Waals surface area (Å²) in [6.07, 6.45) is 1.81. The van der Waals surface area contributed by atoms with Crippen LogP contribution in [-0.2, 0) is 0 Å². The summed E-state index contributed by atoms with van der Waals surface area (Å²) in [7, 11) is 0. The Balaban J connectivity index is 1.12. The number of rotatable bonds is 5. The molecule has 49 heavy (non-hydrogen) atoms. The number of hydrogen-bond acceptors (Lipinski definition) is 3. The lowest BCUT2D eigenvalue weighted by Crippen LogP contribution is -2.10. The summed E-state index contributed by atoms with van der Waals surface area (Å²) in [5, 5.41) is 6.08. The van der Waals surface area contributed by atoms with Crippen molar-refractivity contribution in [3.05, 3.63) is 176 Å². The highest BCUT2D eigenvalue weighted by Crippen LogP contribution is 2.41. The maximum Gasteiger partial charge on any atom is 0.153 e. The molecule has 3 heterocycles. The molecule has 4 nitrogen and oxygen atoms in total. The zero-order valence-electron chi connectivity index (χ0n) is 26.5. The highest BCUT2D eigenvalue weighted by atomic mass is 16.3. The van der Waals surface area contributed by atoms with Crippen LogP contribution in [0.2, 0.25) is 0 Å². The Hall–Kier alpha value is -6.65. The van der Waals surface area contributed by atoms with Gasteiger partial charge < -0.3 is 13.9 Å². The standard InChI is InChI=1S/C45H29N3O/c1-2-12-32(13-3-1)47(33-25-22-31(23-26-33)37-18-9-19-39-44-42(49-45(37)39)21-10-28-46-44)34-14-8-15-35(29-34)48-40-20-7-6-17-38(40)43-36-16-5-4-11-30(36)24-27-41(43)48/h1-29H. The Morgan fingerprint density at radius 1 is 0.510 bits per heavy atom. The van der Waals surface area contributed by atoms with Crippen molar-refractivity contribution in [1.82, 2.24) is 9.55 Å². The maximum absolute atomic E-state index is 6.31. The average molecular weight is 628 g/mol. The summed E-state index contributed by atoms with van der Waals surface area (Å²) in [6, 6.07) is 60.2. The molecule has 7 aromatic carbocycles. The van der Waals surface area contributed by atoms with Crippen LogP contribution in [0, 0.1) is 0 Å². The average Bonchev–Trinajstić information content (AvgIpc) is 3.72. The Morgan fingerprint density at radius 2 is 1.24 bits per heavy atom. The summed E-state index contributed by atoms with van der Waals surface area (Å²) >= 11 is 0. The van der Waals surface area contributed by atoms with Gasteiger partial charge in [0.2, 0.25) is 0 Å². The summed E-state index contributed by atoms with van der Waals surface area (Å²) in [4.78, 5) is 6.90. The number of anilines is 3. The van der Waals surface area contributed by atoms with Crippen molar-refractivity contribution in [2.24, 2.45) is 0 Å². The van der Waals surface area contributed by atoms with Gasteiger partial charge in [-0.25, -0.2) is 0 Å². The molecular formula is C45H29N3O. The first-order chi connectivity index (χ1) is 24.3. The molecule has 4 heteroatoms. The quantitative estimate of drug-likeness (QED) is 0.190. The van der Waals surface area contributed by atoms with E-state index in [9.17, 15) is 0 Å². The van der Waals surface area contributed by atoms with Gasteiger partial charge in [-0.3, -0.25) is 4.98 Å². The molecule has 0 amide bonds. The summed E-state index contributed by atoms with van der Waals surface area (Å²) in [6.45, 7) is 0. The predicted octanol–water partition coefficient (Wildman–Crippen LogP) is 12.4. The van der Waals surface area contributed by atoms with Gasteiger partial charge in [0.1, 0.15) is 11.1 Å². The molecule has 0 aliphatic rings. The molecule has 0 saturated carbocycles. The van der Waals surface area contributed by atoms with Gasteiger partial charge in [0, 0.05) is 50.7 Å². The van der Waals surface area contributed by atoms with E-state index < -0.39 is 0 Å². The molecule has 0 N–H and O–H groups in total. The summed E-state index contributed by atoms with van der Waals surface area (Å²) < 4.78 is 8.71. The van der Waals surface area contributed by atoms with Crippen LogP contribution in [0.5, 0.6) is 0 Å². The third-order valence-electron chi connectivity index (χ3n) is 9.61. The summed E-state index contributed by atoms with van der Waals surface area (Å²) in [5.74, 6) is 0. The van der Waals surface area contributed by atoms with E-state index >= 15 is 0 Å². The highest BCUT2D eigenvalue weighted by molar-refractivity contribution is 6.21. The van der Waals surface area contributed by atoms with Crippen LogP contribution in [0.25, 0.3) is 71.5 Å². The van der Waals surface area contributed by atoms with Gasteiger partial charge in [0.15, 0.2) is 5.58 Å². The van der Waals surface area contributed by atoms with Crippen LogP contribution in [-0.4, -0.2) is 9.55 Å². The van der Waals surface area contributed by atoms with Crippen LogP contribution in [0.4, 0.5) is 17.1 Å². The molecule has 3 aromatic heterocycles. The van der Waals surface area contributed by atoms with Crippen molar-refractivity contribution in [2.45, 2.75) is 0 Å². The molecule has 0 aliphatic heterocycles. The molecule has 230 valence electrons. The van der Waals surface area contributed by atoms with Crippen molar-refractivity contribution in [3.8, 4) is 16.8 Å². The zero-order valence-corrected chi connectivity index (χ0v) is 26.5. The molecule has 10 aromatic rings. The third kappa shape index (κ3) is 4.35. The number of aromatic nitrogens is 2. The Labute approximate surface area is 282 Å². The first-order valence-electron chi connectivity index (χ1n) is 16.5. The Kier molecular flexibility index (Phi) is 6.15. The smallest absolute Gasteiger partial charge is 0.153 e. The molecule has 0 unspecified atom stereocenters. The molecule has 10 rings (SSSR count). The second-order valence-electron chi connectivity index (χ2n) is 12.4. The molecule has 0 fully saturated rings. The van der Waals surface area contributed by atoms with Crippen molar-refractivity contribution >= 4 is 71.7 Å². The minimum absolute atomic E-state index is 0.799. The Morgan fingerprint density at radius 3 is 2.14 bits per heavy atom.